The Morgan fingerprint density at radius 2 is 1.98 bits per heavy atom. The molecule has 0 radical (unpaired) electrons. The van der Waals surface area contributed by atoms with Gasteiger partial charge < -0.3 is 31.3 Å². The third-order valence-electron chi connectivity index (χ3n) is 7.51. The number of nitrogens with one attached hydrogen (secondary N) is 1. The summed E-state index contributed by atoms with van der Waals surface area (Å²) in [7, 11) is 1.99. The van der Waals surface area contributed by atoms with Crippen molar-refractivity contribution < 1.29 is 22.3 Å². The lowest BCUT2D eigenvalue weighted by molar-refractivity contribution is -0.137. The van der Waals surface area contributed by atoms with E-state index in [0.29, 0.717) is 32.0 Å². The predicted octanol–water partition coefficient (Wildman–Crippen LogP) is 3.60. The molecule has 4 heterocycles. The Labute approximate surface area is 233 Å². The van der Waals surface area contributed by atoms with Gasteiger partial charge in [0.2, 0.25) is 0 Å². The van der Waals surface area contributed by atoms with E-state index in [0.717, 1.165) is 25.5 Å². The highest BCUT2D eigenvalue weighted by molar-refractivity contribution is 6.34. The Bertz CT molecular complexity index is 1420. The molecule has 0 unspecified atom stereocenters. The number of alkyl halides is 3. The molecule has 2 atom stereocenters. The molecule has 2 saturated heterocycles. The third-order valence-corrected chi connectivity index (χ3v) is 7.81. The fourth-order valence-electron chi connectivity index (χ4n) is 5.46. The molecule has 2 aromatic heterocycles. The van der Waals surface area contributed by atoms with E-state index in [4.69, 9.17) is 27.8 Å². The highest BCUT2D eigenvalue weighted by Crippen LogP contribution is 2.44. The highest BCUT2D eigenvalue weighted by Gasteiger charge is 2.38. The van der Waals surface area contributed by atoms with Crippen molar-refractivity contribution in [3.05, 3.63) is 34.1 Å². The minimum Gasteiger partial charge on any atom is -0.462 e. The number of anilines is 2. The summed E-state index contributed by atoms with van der Waals surface area (Å²) >= 11 is 6.51. The number of aryl methyl sites for hydroxylation is 1. The zero-order chi connectivity index (χ0) is 28.8. The van der Waals surface area contributed by atoms with Gasteiger partial charge in [0.15, 0.2) is 5.82 Å². The average molecular weight is 583 g/mol. The Balaban J connectivity index is 1.69. The van der Waals surface area contributed by atoms with Crippen LogP contribution >= 0.6 is 11.6 Å². The van der Waals surface area contributed by atoms with E-state index in [1.165, 1.54) is 13.0 Å². The molecule has 0 spiro atoms. The lowest BCUT2D eigenvalue weighted by Gasteiger charge is -2.34. The number of likely N-dealkylation sites (tertiary alicyclic amines) is 1. The van der Waals surface area contributed by atoms with Crippen LogP contribution in [0, 0.1) is 12.7 Å². The number of rotatable bonds is 6. The smallest absolute Gasteiger partial charge is 0.418 e. The first-order chi connectivity index (χ1) is 19.0. The standard InChI is InChI=1S/C26H31ClF4N8O/c1-13-8-18(33)35-23(20(13)26(29,30)31)19-17(27)9-16-22(21(19)28)36-25(40-12-15-4-3-6-38(15)2)37-24(16)39-7-5-34-14(10-32)11-39/h8-9,14-15,34H,3-7,10-12,32H2,1-2H3,(H2,33,35)/t14-,15-/m0/s1. The Morgan fingerprint density at radius 3 is 2.65 bits per heavy atom. The summed E-state index contributed by atoms with van der Waals surface area (Å²) in [6, 6.07) is 2.49. The summed E-state index contributed by atoms with van der Waals surface area (Å²) < 4.78 is 64.7. The molecule has 0 aliphatic carbocycles. The van der Waals surface area contributed by atoms with Crippen LogP contribution in [0.5, 0.6) is 6.01 Å². The molecule has 0 bridgehead atoms. The van der Waals surface area contributed by atoms with Gasteiger partial charge in [-0.15, -0.1) is 0 Å². The minimum atomic E-state index is -4.83. The van der Waals surface area contributed by atoms with Crippen molar-refractivity contribution in [3.63, 3.8) is 0 Å². The molecule has 14 heteroatoms. The number of fused-ring (bicyclic) bond motifs is 1. The monoisotopic (exact) mass is 582 g/mol. The largest absolute Gasteiger partial charge is 0.462 e. The zero-order valence-corrected chi connectivity index (χ0v) is 22.9. The number of halogens is 5. The molecule has 0 amide bonds. The second kappa shape index (κ2) is 11.1. The number of likely N-dealkylation sites (N-methyl/N-ethyl adjacent to an activating group) is 1. The molecule has 40 heavy (non-hydrogen) atoms. The molecule has 0 saturated carbocycles. The van der Waals surface area contributed by atoms with Crippen LogP contribution in [-0.4, -0.2) is 78.3 Å². The number of pyridine rings is 1. The number of piperazine rings is 1. The molecule has 2 aliphatic heterocycles. The first kappa shape index (κ1) is 28.5. The number of benzene rings is 1. The van der Waals surface area contributed by atoms with Crippen LogP contribution in [-0.2, 0) is 6.18 Å². The zero-order valence-electron chi connectivity index (χ0n) is 22.2. The number of aromatic nitrogens is 3. The first-order valence-electron chi connectivity index (χ1n) is 13.0. The second-order valence-electron chi connectivity index (χ2n) is 10.3. The number of hydrogen-bond acceptors (Lipinski definition) is 9. The number of nitrogens with two attached hydrogens (primary N) is 2. The van der Waals surface area contributed by atoms with E-state index in [2.05, 4.69) is 25.2 Å². The summed E-state index contributed by atoms with van der Waals surface area (Å²) in [4.78, 5) is 16.9. The van der Waals surface area contributed by atoms with Crippen LogP contribution in [0.3, 0.4) is 0 Å². The summed E-state index contributed by atoms with van der Waals surface area (Å²) in [5, 5.41) is 3.27. The predicted molar refractivity (Wildman–Crippen MR) is 146 cm³/mol. The van der Waals surface area contributed by atoms with Gasteiger partial charge in [-0.25, -0.2) is 9.37 Å². The van der Waals surface area contributed by atoms with Crippen molar-refractivity contribution in [2.24, 2.45) is 5.73 Å². The lowest BCUT2D eigenvalue weighted by Crippen LogP contribution is -2.54. The van der Waals surface area contributed by atoms with Crippen LogP contribution < -0.4 is 26.4 Å². The van der Waals surface area contributed by atoms with Crippen molar-refractivity contribution >= 4 is 34.1 Å². The van der Waals surface area contributed by atoms with Crippen LogP contribution in [0.15, 0.2) is 12.1 Å². The molecular weight excluding hydrogens is 552 g/mol. The maximum atomic E-state index is 16.4. The quantitative estimate of drug-likeness (QED) is 0.375. The fourth-order valence-corrected chi connectivity index (χ4v) is 5.74. The molecule has 5 N–H and O–H groups in total. The minimum absolute atomic E-state index is 0.0383. The van der Waals surface area contributed by atoms with Crippen LogP contribution in [0.4, 0.5) is 29.2 Å². The number of ether oxygens (including phenoxy) is 1. The van der Waals surface area contributed by atoms with E-state index < -0.39 is 28.8 Å². The Morgan fingerprint density at radius 1 is 1.20 bits per heavy atom. The molecule has 2 fully saturated rings. The molecule has 9 nitrogen and oxygen atoms in total. The molecule has 5 rings (SSSR count). The van der Waals surface area contributed by atoms with Crippen molar-refractivity contribution in [2.75, 3.05) is 57.0 Å². The average Bonchev–Trinajstić information content (AvgIpc) is 3.30. The van der Waals surface area contributed by atoms with E-state index >= 15 is 4.39 Å². The summed E-state index contributed by atoms with van der Waals surface area (Å²) in [6.45, 7) is 4.43. The van der Waals surface area contributed by atoms with Gasteiger partial charge in [0.25, 0.3) is 0 Å². The summed E-state index contributed by atoms with van der Waals surface area (Å²) in [5.41, 5.74) is 8.88. The highest BCUT2D eigenvalue weighted by atomic mass is 35.5. The Hall–Kier alpha value is -3.00. The van der Waals surface area contributed by atoms with Gasteiger partial charge in [0.05, 0.1) is 21.8 Å². The van der Waals surface area contributed by atoms with Gasteiger partial charge in [0, 0.05) is 43.6 Å². The number of hydrogen-bond donors (Lipinski definition) is 3. The fraction of sp³-hybridized carbons (Fsp3) is 0.500. The van der Waals surface area contributed by atoms with Crippen molar-refractivity contribution in [1.82, 2.24) is 25.2 Å². The van der Waals surface area contributed by atoms with Crippen molar-refractivity contribution in [1.29, 1.82) is 0 Å². The van der Waals surface area contributed by atoms with E-state index in [1.807, 2.05) is 11.9 Å². The second-order valence-corrected chi connectivity index (χ2v) is 10.7. The van der Waals surface area contributed by atoms with E-state index in [-0.39, 0.29) is 52.0 Å². The van der Waals surface area contributed by atoms with E-state index in [9.17, 15) is 13.2 Å². The molecule has 3 aromatic rings. The third kappa shape index (κ3) is 5.47. The van der Waals surface area contributed by atoms with Gasteiger partial charge in [-0.05, 0) is 51.1 Å². The van der Waals surface area contributed by atoms with E-state index in [1.54, 1.807) is 0 Å². The van der Waals surface area contributed by atoms with Gasteiger partial charge in [-0.2, -0.15) is 23.1 Å². The van der Waals surface area contributed by atoms with Gasteiger partial charge in [-0.1, -0.05) is 11.6 Å². The van der Waals surface area contributed by atoms with Crippen LogP contribution in [0.2, 0.25) is 5.02 Å². The Kier molecular flexibility index (Phi) is 7.92. The van der Waals surface area contributed by atoms with Gasteiger partial charge >= 0.3 is 12.2 Å². The van der Waals surface area contributed by atoms with Gasteiger partial charge in [0.1, 0.15) is 23.8 Å². The molecule has 2 aliphatic rings. The molecule has 216 valence electrons. The summed E-state index contributed by atoms with van der Waals surface area (Å²) in [5.74, 6) is -0.903. The number of nitrogen functional groups attached to an aromatic ring is 1. The van der Waals surface area contributed by atoms with Crippen molar-refractivity contribution in [3.8, 4) is 17.3 Å². The first-order valence-corrected chi connectivity index (χ1v) is 13.4. The maximum Gasteiger partial charge on any atom is 0.418 e. The summed E-state index contributed by atoms with van der Waals surface area (Å²) in [6.07, 6.45) is -2.87. The molecular formula is C26H31ClF4N8O. The number of nitrogens with zero attached hydrogens (tertiary/aromatic N) is 5. The van der Waals surface area contributed by atoms with Gasteiger partial charge in [-0.3, -0.25) is 0 Å². The van der Waals surface area contributed by atoms with Crippen molar-refractivity contribution in [2.45, 2.75) is 38.0 Å². The molecule has 1 aromatic carbocycles. The SMILES string of the molecule is Cc1cc(N)nc(-c2c(Cl)cc3c(N4CCN[C@@H](CN)C4)nc(OC[C@@H]4CCCN4C)nc3c2F)c1C(F)(F)F. The van der Waals surface area contributed by atoms with Crippen LogP contribution in [0.1, 0.15) is 24.0 Å². The maximum absolute atomic E-state index is 16.4. The lowest BCUT2D eigenvalue weighted by atomic mass is 9.99. The topological polar surface area (TPSA) is 118 Å². The van der Waals surface area contributed by atoms with Crippen LogP contribution in [0.25, 0.3) is 22.2 Å². The normalized spacial score (nSPS) is 20.4.